The molecule has 0 amide bonds. The quantitative estimate of drug-likeness (QED) is 0.863. The van der Waals surface area contributed by atoms with Crippen LogP contribution in [0, 0.1) is 11.3 Å². The van der Waals surface area contributed by atoms with E-state index in [1.54, 1.807) is 0 Å². The molecule has 3 rings (SSSR count). The minimum Gasteiger partial charge on any atom is -0.379 e. The topological polar surface area (TPSA) is 48.3 Å². The predicted octanol–water partition coefficient (Wildman–Crippen LogP) is 3.37. The molecule has 0 spiro atoms. The third-order valence-corrected chi connectivity index (χ3v) is 4.84. The van der Waals surface area contributed by atoms with Crippen LogP contribution in [0.3, 0.4) is 0 Å². The third kappa shape index (κ3) is 4.81. The summed E-state index contributed by atoms with van der Waals surface area (Å²) in [6, 6.07) is 18.1. The molecule has 1 unspecified atom stereocenters. The van der Waals surface area contributed by atoms with Gasteiger partial charge in [0.2, 0.25) is 0 Å². The molecule has 1 N–H and O–H groups in total. The van der Waals surface area contributed by atoms with E-state index in [9.17, 15) is 0 Å². The van der Waals surface area contributed by atoms with Gasteiger partial charge in [-0.15, -0.1) is 0 Å². The Morgan fingerprint density at radius 3 is 2.52 bits per heavy atom. The van der Waals surface area contributed by atoms with Crippen molar-refractivity contribution in [3.05, 3.63) is 70.2 Å². The van der Waals surface area contributed by atoms with E-state index in [4.69, 9.17) is 21.6 Å². The number of nitrogens with zero attached hydrogens (tertiary/aromatic N) is 2. The third-order valence-electron chi connectivity index (χ3n) is 4.50. The Kier molecular flexibility index (Phi) is 6.43. The van der Waals surface area contributed by atoms with Gasteiger partial charge < -0.3 is 10.1 Å². The lowest BCUT2D eigenvalue weighted by Crippen LogP contribution is -2.42. The minimum atomic E-state index is 0.219. The zero-order valence-corrected chi connectivity index (χ0v) is 14.9. The normalized spacial score (nSPS) is 16.3. The van der Waals surface area contributed by atoms with Crippen molar-refractivity contribution in [2.24, 2.45) is 0 Å². The van der Waals surface area contributed by atoms with Crippen LogP contribution in [-0.2, 0) is 11.3 Å². The average molecular weight is 356 g/mol. The molecule has 1 saturated heterocycles. The second-order valence-corrected chi connectivity index (χ2v) is 6.53. The van der Waals surface area contributed by atoms with Crippen molar-refractivity contribution in [3.8, 4) is 6.07 Å². The van der Waals surface area contributed by atoms with Crippen LogP contribution in [-0.4, -0.2) is 37.7 Å². The minimum absolute atomic E-state index is 0.219. The fraction of sp³-hybridized carbons (Fsp3) is 0.350. The highest BCUT2D eigenvalue weighted by Crippen LogP contribution is 2.27. The van der Waals surface area contributed by atoms with Crippen LogP contribution in [0.2, 0.25) is 5.02 Å². The molecule has 5 heteroatoms. The van der Waals surface area contributed by atoms with Gasteiger partial charge in [0.25, 0.3) is 0 Å². The summed E-state index contributed by atoms with van der Waals surface area (Å²) < 4.78 is 5.49. The fourth-order valence-corrected chi connectivity index (χ4v) is 3.38. The molecule has 2 aromatic carbocycles. The zero-order valence-electron chi connectivity index (χ0n) is 14.1. The molecular formula is C20H22ClN3O. The van der Waals surface area contributed by atoms with Crippen LogP contribution >= 0.6 is 11.6 Å². The first-order valence-electron chi connectivity index (χ1n) is 8.54. The predicted molar refractivity (Wildman–Crippen MR) is 99.4 cm³/mol. The highest BCUT2D eigenvalue weighted by Gasteiger charge is 2.23. The van der Waals surface area contributed by atoms with Gasteiger partial charge in [-0.2, -0.15) is 5.26 Å². The van der Waals surface area contributed by atoms with Gasteiger partial charge in [-0.1, -0.05) is 41.9 Å². The lowest BCUT2D eigenvalue weighted by Gasteiger charge is -2.35. The van der Waals surface area contributed by atoms with Crippen LogP contribution in [0.5, 0.6) is 0 Å². The second kappa shape index (κ2) is 8.98. The summed E-state index contributed by atoms with van der Waals surface area (Å²) in [4.78, 5) is 2.43. The molecule has 2 aromatic rings. The SMILES string of the molecule is N#Cc1ccc(CNCC(c2ccccc2Cl)N2CCOCC2)cc1. The number of halogens is 1. The summed E-state index contributed by atoms with van der Waals surface area (Å²) in [5, 5.41) is 13.2. The Balaban J connectivity index is 1.67. The van der Waals surface area contributed by atoms with Gasteiger partial charge in [0.1, 0.15) is 0 Å². The van der Waals surface area contributed by atoms with E-state index in [0.717, 1.165) is 50.0 Å². The fourth-order valence-electron chi connectivity index (χ4n) is 3.12. The van der Waals surface area contributed by atoms with Gasteiger partial charge in [-0.3, -0.25) is 4.90 Å². The molecule has 0 aromatic heterocycles. The van der Waals surface area contributed by atoms with Crippen LogP contribution < -0.4 is 5.32 Å². The highest BCUT2D eigenvalue weighted by molar-refractivity contribution is 6.31. The van der Waals surface area contributed by atoms with Crippen LogP contribution in [0.1, 0.15) is 22.7 Å². The van der Waals surface area contributed by atoms with E-state index in [1.165, 1.54) is 5.56 Å². The number of hydrogen-bond acceptors (Lipinski definition) is 4. The number of rotatable bonds is 6. The molecular weight excluding hydrogens is 334 g/mol. The molecule has 1 heterocycles. The first-order chi connectivity index (χ1) is 12.3. The number of benzene rings is 2. The van der Waals surface area contributed by atoms with E-state index in [2.05, 4.69) is 22.4 Å². The van der Waals surface area contributed by atoms with Gasteiger partial charge in [0.05, 0.1) is 24.8 Å². The van der Waals surface area contributed by atoms with Gasteiger partial charge in [-0.25, -0.2) is 0 Å². The largest absolute Gasteiger partial charge is 0.379 e. The molecule has 1 aliphatic heterocycles. The molecule has 0 bridgehead atoms. The molecule has 25 heavy (non-hydrogen) atoms. The molecule has 130 valence electrons. The van der Waals surface area contributed by atoms with Gasteiger partial charge in [0.15, 0.2) is 0 Å². The molecule has 0 radical (unpaired) electrons. The van der Waals surface area contributed by atoms with Crippen molar-refractivity contribution >= 4 is 11.6 Å². The number of nitrogens with one attached hydrogen (secondary N) is 1. The lowest BCUT2D eigenvalue weighted by atomic mass is 10.0. The van der Waals surface area contributed by atoms with E-state index >= 15 is 0 Å². The van der Waals surface area contributed by atoms with Crippen LogP contribution in [0.15, 0.2) is 48.5 Å². The Morgan fingerprint density at radius 2 is 1.84 bits per heavy atom. The average Bonchev–Trinajstić information content (AvgIpc) is 2.67. The van der Waals surface area contributed by atoms with Gasteiger partial charge in [-0.05, 0) is 29.3 Å². The Labute approximate surface area is 154 Å². The summed E-state index contributed by atoms with van der Waals surface area (Å²) in [6.45, 7) is 4.91. The summed E-state index contributed by atoms with van der Waals surface area (Å²) in [6.07, 6.45) is 0. The summed E-state index contributed by atoms with van der Waals surface area (Å²) in [7, 11) is 0. The van der Waals surface area contributed by atoms with Crippen molar-refractivity contribution < 1.29 is 4.74 Å². The molecule has 1 atom stereocenters. The summed E-state index contributed by atoms with van der Waals surface area (Å²) in [5.41, 5.74) is 3.00. The van der Waals surface area contributed by atoms with E-state index < -0.39 is 0 Å². The van der Waals surface area contributed by atoms with Crippen molar-refractivity contribution in [3.63, 3.8) is 0 Å². The van der Waals surface area contributed by atoms with Crippen molar-refractivity contribution in [2.45, 2.75) is 12.6 Å². The standard InChI is InChI=1S/C20H22ClN3O/c21-19-4-2-1-3-18(19)20(24-9-11-25-12-10-24)15-23-14-17-7-5-16(13-22)6-8-17/h1-8,20,23H,9-12,14-15H2. The van der Waals surface area contributed by atoms with Crippen molar-refractivity contribution in [1.82, 2.24) is 10.2 Å². The number of ether oxygens (including phenoxy) is 1. The Morgan fingerprint density at radius 1 is 1.12 bits per heavy atom. The highest BCUT2D eigenvalue weighted by atomic mass is 35.5. The summed E-state index contributed by atoms with van der Waals surface area (Å²) in [5.74, 6) is 0. The number of hydrogen-bond donors (Lipinski definition) is 1. The number of morpholine rings is 1. The first kappa shape index (κ1) is 17.9. The van der Waals surface area contributed by atoms with Crippen LogP contribution in [0.25, 0.3) is 0 Å². The van der Waals surface area contributed by atoms with Crippen molar-refractivity contribution in [2.75, 3.05) is 32.8 Å². The van der Waals surface area contributed by atoms with Crippen LogP contribution in [0.4, 0.5) is 0 Å². The molecule has 1 aliphatic rings. The van der Waals surface area contributed by atoms with E-state index in [0.29, 0.717) is 5.56 Å². The second-order valence-electron chi connectivity index (χ2n) is 6.13. The van der Waals surface area contributed by atoms with E-state index in [-0.39, 0.29) is 6.04 Å². The molecule has 1 fully saturated rings. The van der Waals surface area contributed by atoms with Gasteiger partial charge >= 0.3 is 0 Å². The maximum absolute atomic E-state index is 8.88. The maximum Gasteiger partial charge on any atom is 0.0991 e. The monoisotopic (exact) mass is 355 g/mol. The first-order valence-corrected chi connectivity index (χ1v) is 8.91. The Bertz CT molecular complexity index is 720. The molecule has 0 saturated carbocycles. The smallest absolute Gasteiger partial charge is 0.0991 e. The summed E-state index contributed by atoms with van der Waals surface area (Å²) >= 11 is 6.45. The molecule has 4 nitrogen and oxygen atoms in total. The number of nitriles is 1. The zero-order chi connectivity index (χ0) is 17.5. The lowest BCUT2D eigenvalue weighted by molar-refractivity contribution is 0.0161. The molecule has 0 aliphatic carbocycles. The Hall–Kier alpha value is -1.90. The maximum atomic E-state index is 8.88. The van der Waals surface area contributed by atoms with E-state index in [1.807, 2.05) is 42.5 Å². The van der Waals surface area contributed by atoms with Crippen molar-refractivity contribution in [1.29, 1.82) is 5.26 Å². The van der Waals surface area contributed by atoms with Gasteiger partial charge in [0, 0.05) is 37.2 Å².